The van der Waals surface area contributed by atoms with Gasteiger partial charge in [-0.15, -0.1) is 22.7 Å². The average Bonchev–Trinajstić information content (AvgIpc) is 3.29. The number of hydrogen-bond acceptors (Lipinski definition) is 6. The van der Waals surface area contributed by atoms with Crippen LogP contribution in [0.5, 0.6) is 0 Å². The van der Waals surface area contributed by atoms with Crippen molar-refractivity contribution >= 4 is 46.9 Å². The van der Waals surface area contributed by atoms with Crippen LogP contribution in [0, 0.1) is 13.8 Å². The molecular weight excluding hydrogens is 392 g/mol. The number of hydrazone groups is 2. The number of hydrogen-bond donors (Lipinski definition) is 2. The maximum atomic E-state index is 12.1. The molecule has 0 atom stereocenters. The van der Waals surface area contributed by atoms with Crippen molar-refractivity contribution in [2.24, 2.45) is 10.2 Å². The molecule has 0 unspecified atom stereocenters. The Balaban J connectivity index is 1.53. The molecular formula is C20H18N4O2S2. The summed E-state index contributed by atoms with van der Waals surface area (Å²) in [5.41, 5.74) is 5.77. The van der Waals surface area contributed by atoms with Gasteiger partial charge in [0.2, 0.25) is 0 Å². The molecule has 2 N–H and O–H groups in total. The molecule has 142 valence electrons. The van der Waals surface area contributed by atoms with E-state index in [1.54, 1.807) is 59.4 Å². The summed E-state index contributed by atoms with van der Waals surface area (Å²) in [6.45, 7) is 4.01. The molecule has 2 aromatic heterocycles. The molecule has 0 aliphatic heterocycles. The van der Waals surface area contributed by atoms with Crippen LogP contribution in [0.2, 0.25) is 0 Å². The van der Waals surface area contributed by atoms with E-state index >= 15 is 0 Å². The summed E-state index contributed by atoms with van der Waals surface area (Å²) < 4.78 is 0. The van der Waals surface area contributed by atoms with Gasteiger partial charge in [-0.25, -0.2) is 10.9 Å². The predicted molar refractivity (Wildman–Crippen MR) is 115 cm³/mol. The zero-order valence-electron chi connectivity index (χ0n) is 15.3. The van der Waals surface area contributed by atoms with Crippen LogP contribution in [-0.4, -0.2) is 24.2 Å². The molecule has 0 bridgehead atoms. The highest BCUT2D eigenvalue weighted by molar-refractivity contribution is 7.13. The molecule has 0 fully saturated rings. The van der Waals surface area contributed by atoms with Crippen LogP contribution < -0.4 is 10.9 Å². The second-order valence-corrected chi connectivity index (χ2v) is 8.51. The monoisotopic (exact) mass is 410 g/mol. The van der Waals surface area contributed by atoms with Gasteiger partial charge in [0, 0.05) is 30.6 Å². The Labute approximate surface area is 170 Å². The van der Waals surface area contributed by atoms with E-state index < -0.39 is 0 Å². The van der Waals surface area contributed by atoms with Crippen molar-refractivity contribution in [2.45, 2.75) is 13.8 Å². The van der Waals surface area contributed by atoms with E-state index in [9.17, 15) is 9.59 Å². The van der Waals surface area contributed by atoms with Crippen molar-refractivity contribution in [3.63, 3.8) is 0 Å². The molecule has 0 saturated heterocycles. The fourth-order valence-electron chi connectivity index (χ4n) is 2.26. The lowest BCUT2D eigenvalue weighted by atomic mass is 10.1. The first-order chi connectivity index (χ1) is 13.5. The average molecular weight is 411 g/mol. The van der Waals surface area contributed by atoms with Crippen molar-refractivity contribution in [1.29, 1.82) is 0 Å². The first-order valence-corrected chi connectivity index (χ1v) is 10.0. The van der Waals surface area contributed by atoms with E-state index in [4.69, 9.17) is 0 Å². The van der Waals surface area contributed by atoms with Crippen molar-refractivity contribution in [2.75, 3.05) is 0 Å². The lowest BCUT2D eigenvalue weighted by Crippen LogP contribution is -2.19. The van der Waals surface area contributed by atoms with Gasteiger partial charge in [0.05, 0.1) is 12.4 Å². The Kier molecular flexibility index (Phi) is 6.46. The zero-order chi connectivity index (χ0) is 19.9. The Bertz CT molecular complexity index is 949. The summed E-state index contributed by atoms with van der Waals surface area (Å²) in [5.74, 6) is -0.690. The van der Waals surface area contributed by atoms with E-state index in [-0.39, 0.29) is 11.8 Å². The minimum absolute atomic E-state index is 0.345. The normalized spacial score (nSPS) is 11.2. The van der Waals surface area contributed by atoms with Crippen LogP contribution in [-0.2, 0) is 0 Å². The summed E-state index contributed by atoms with van der Waals surface area (Å²) in [7, 11) is 0. The van der Waals surface area contributed by atoms with Crippen molar-refractivity contribution in [1.82, 2.24) is 10.9 Å². The van der Waals surface area contributed by atoms with Crippen molar-refractivity contribution < 1.29 is 9.59 Å². The second kappa shape index (κ2) is 9.20. The molecule has 28 heavy (non-hydrogen) atoms. The maximum absolute atomic E-state index is 12.1. The van der Waals surface area contributed by atoms with Crippen LogP contribution in [0.25, 0.3) is 0 Å². The van der Waals surface area contributed by atoms with E-state index in [0.29, 0.717) is 11.1 Å². The summed E-state index contributed by atoms with van der Waals surface area (Å²) >= 11 is 3.18. The van der Waals surface area contributed by atoms with Crippen LogP contribution >= 0.6 is 22.7 Å². The Morgan fingerprint density at radius 2 is 1.11 bits per heavy atom. The Morgan fingerprint density at radius 1 is 0.714 bits per heavy atom. The summed E-state index contributed by atoms with van der Waals surface area (Å²) in [4.78, 5) is 28.5. The minimum Gasteiger partial charge on any atom is -0.267 e. The molecule has 2 heterocycles. The van der Waals surface area contributed by atoms with E-state index in [1.165, 1.54) is 9.75 Å². The van der Waals surface area contributed by atoms with Crippen LogP contribution in [0.3, 0.4) is 0 Å². The number of aryl methyl sites for hydroxylation is 2. The molecule has 8 heteroatoms. The van der Waals surface area contributed by atoms with Crippen LogP contribution in [0.15, 0.2) is 58.7 Å². The predicted octanol–water partition coefficient (Wildman–Crippen LogP) is 3.95. The molecule has 3 rings (SSSR count). The first-order valence-electron chi connectivity index (χ1n) is 8.41. The number of thiophene rings is 2. The maximum Gasteiger partial charge on any atom is 0.271 e. The number of nitrogens with zero attached hydrogens (tertiary/aromatic N) is 2. The lowest BCUT2D eigenvalue weighted by Gasteiger charge is -2.02. The van der Waals surface area contributed by atoms with Gasteiger partial charge in [-0.1, -0.05) is 0 Å². The van der Waals surface area contributed by atoms with E-state index in [1.807, 2.05) is 38.1 Å². The van der Waals surface area contributed by atoms with Gasteiger partial charge in [0.15, 0.2) is 0 Å². The third-order valence-electron chi connectivity index (χ3n) is 3.65. The highest BCUT2D eigenvalue weighted by Gasteiger charge is 2.08. The van der Waals surface area contributed by atoms with Crippen molar-refractivity contribution in [3.8, 4) is 0 Å². The molecule has 0 aliphatic carbocycles. The van der Waals surface area contributed by atoms with Gasteiger partial charge in [0.1, 0.15) is 0 Å². The zero-order valence-corrected chi connectivity index (χ0v) is 16.9. The first kappa shape index (κ1) is 19.7. The fraction of sp³-hybridized carbons (Fsp3) is 0.100. The Morgan fingerprint density at radius 3 is 1.43 bits per heavy atom. The van der Waals surface area contributed by atoms with Gasteiger partial charge in [-0.05, 0) is 62.4 Å². The molecule has 0 saturated carbocycles. The molecule has 0 spiro atoms. The molecule has 0 radical (unpaired) electrons. The van der Waals surface area contributed by atoms with Gasteiger partial charge >= 0.3 is 0 Å². The van der Waals surface area contributed by atoms with Crippen LogP contribution in [0.1, 0.15) is 40.2 Å². The highest BCUT2D eigenvalue weighted by atomic mass is 32.1. The van der Waals surface area contributed by atoms with E-state index in [0.717, 1.165) is 9.75 Å². The molecule has 1 aromatic carbocycles. The topological polar surface area (TPSA) is 82.9 Å². The molecule has 0 aliphatic rings. The molecule has 6 nitrogen and oxygen atoms in total. The van der Waals surface area contributed by atoms with Crippen molar-refractivity contribution in [3.05, 3.63) is 79.2 Å². The number of benzene rings is 1. The molecule has 2 amide bonds. The number of carbonyl (C=O) groups is 2. The highest BCUT2D eigenvalue weighted by Crippen LogP contribution is 2.13. The third-order valence-corrected chi connectivity index (χ3v) is 5.52. The number of nitrogens with one attached hydrogen (secondary N) is 2. The summed E-state index contributed by atoms with van der Waals surface area (Å²) in [5, 5.41) is 7.90. The Hall–Kier alpha value is -3.10. The second-order valence-electron chi connectivity index (χ2n) is 5.87. The quantitative estimate of drug-likeness (QED) is 0.476. The fourth-order valence-corrected chi connectivity index (χ4v) is 3.76. The van der Waals surface area contributed by atoms with Gasteiger partial charge in [-0.3, -0.25) is 9.59 Å². The smallest absolute Gasteiger partial charge is 0.267 e. The largest absolute Gasteiger partial charge is 0.271 e. The molecule has 3 aromatic rings. The lowest BCUT2D eigenvalue weighted by molar-refractivity contribution is 0.0943. The number of rotatable bonds is 6. The number of amides is 2. The van der Waals surface area contributed by atoms with Gasteiger partial charge in [-0.2, -0.15) is 10.2 Å². The van der Waals surface area contributed by atoms with Gasteiger partial charge < -0.3 is 0 Å². The third kappa shape index (κ3) is 5.45. The summed E-state index contributed by atoms with van der Waals surface area (Å²) in [6, 6.07) is 14.1. The minimum atomic E-state index is -0.345. The SMILES string of the molecule is Cc1ccc(/C=N/NC(=O)c2ccc(C(=O)N/N=C/c3ccc(C)s3)cc2)s1. The summed E-state index contributed by atoms with van der Waals surface area (Å²) in [6.07, 6.45) is 3.20. The van der Waals surface area contributed by atoms with Crippen LogP contribution in [0.4, 0.5) is 0 Å². The standard InChI is InChI=1S/C20H18N4O2S2/c1-13-3-9-17(27-13)11-21-23-19(25)15-5-7-16(8-6-15)20(26)24-22-12-18-10-4-14(2)28-18/h3-12H,1-2H3,(H,23,25)(H,24,26)/b21-11+,22-12+. The van der Waals surface area contributed by atoms with Gasteiger partial charge in [0.25, 0.3) is 11.8 Å². The number of carbonyl (C=O) groups excluding carboxylic acids is 2. The van der Waals surface area contributed by atoms with E-state index in [2.05, 4.69) is 21.1 Å².